The van der Waals surface area contributed by atoms with Crippen molar-refractivity contribution in [1.29, 1.82) is 0 Å². The highest BCUT2D eigenvalue weighted by atomic mass is 32.1. The molecular weight excluding hydrogens is 272 g/mol. The third kappa shape index (κ3) is 2.51. The Morgan fingerprint density at radius 3 is 2.95 bits per heavy atom. The van der Waals surface area contributed by atoms with E-state index in [1.807, 2.05) is 0 Å². The highest BCUT2D eigenvalue weighted by Crippen LogP contribution is 2.32. The fourth-order valence-electron chi connectivity index (χ4n) is 2.77. The first kappa shape index (κ1) is 13.7. The van der Waals surface area contributed by atoms with E-state index >= 15 is 0 Å². The van der Waals surface area contributed by atoms with Gasteiger partial charge in [0.25, 0.3) is 0 Å². The molecule has 1 aliphatic rings. The molecule has 3 heterocycles. The quantitative estimate of drug-likeness (QED) is 0.883. The summed E-state index contributed by atoms with van der Waals surface area (Å²) >= 11 is 1.67. The molecule has 2 aromatic rings. The summed E-state index contributed by atoms with van der Waals surface area (Å²) in [5.41, 5.74) is 7.27. The molecule has 0 spiro atoms. The van der Waals surface area contributed by atoms with Crippen LogP contribution in [0.1, 0.15) is 29.1 Å². The summed E-state index contributed by atoms with van der Waals surface area (Å²) in [6.45, 7) is 6.49. The van der Waals surface area contributed by atoms with Crippen LogP contribution in [-0.2, 0) is 6.54 Å². The first-order valence-corrected chi connectivity index (χ1v) is 7.78. The number of thiophene rings is 1. The Morgan fingerprint density at radius 2 is 2.20 bits per heavy atom. The summed E-state index contributed by atoms with van der Waals surface area (Å²) in [5.74, 6) is 1.33. The number of nitrogens with zero attached hydrogens (tertiary/aromatic N) is 3. The molecule has 20 heavy (non-hydrogen) atoms. The van der Waals surface area contributed by atoms with Crippen LogP contribution in [0.2, 0.25) is 0 Å². The first-order valence-electron chi connectivity index (χ1n) is 6.97. The smallest absolute Gasteiger partial charge is 0.146 e. The van der Waals surface area contributed by atoms with Gasteiger partial charge in [0.1, 0.15) is 16.5 Å². The lowest BCUT2D eigenvalue weighted by atomic mass is 10.1. The zero-order valence-electron chi connectivity index (χ0n) is 11.9. The van der Waals surface area contributed by atoms with Crippen molar-refractivity contribution in [2.24, 2.45) is 0 Å². The maximum Gasteiger partial charge on any atom is 0.146 e. The van der Waals surface area contributed by atoms with Crippen LogP contribution >= 0.6 is 11.3 Å². The molecule has 6 heteroatoms. The van der Waals surface area contributed by atoms with Gasteiger partial charge in [0.15, 0.2) is 0 Å². The van der Waals surface area contributed by atoms with Crippen LogP contribution in [0.3, 0.4) is 0 Å². The summed E-state index contributed by atoms with van der Waals surface area (Å²) in [4.78, 5) is 13.5. The molecule has 1 atom stereocenters. The summed E-state index contributed by atoms with van der Waals surface area (Å²) in [5, 5.41) is 10.7. The molecule has 0 aromatic carbocycles. The van der Waals surface area contributed by atoms with Gasteiger partial charge in [-0.2, -0.15) is 0 Å². The number of hydrogen-bond acceptors (Lipinski definition) is 6. The standard InChI is InChI=1S/C14H20N4OS/c1-8-9(2)20-14-12(8)13(15)16-11(17-14)7-18-5-3-4-10(19)6-18/h10,19H,3-7H2,1-2H3,(H2,15,16,17). The van der Waals surface area contributed by atoms with E-state index in [4.69, 9.17) is 5.73 Å². The van der Waals surface area contributed by atoms with Crippen molar-refractivity contribution in [3.05, 3.63) is 16.3 Å². The minimum atomic E-state index is -0.226. The second-order valence-corrected chi connectivity index (χ2v) is 6.72. The van der Waals surface area contributed by atoms with Crippen molar-refractivity contribution in [2.45, 2.75) is 39.3 Å². The van der Waals surface area contributed by atoms with E-state index in [0.717, 1.165) is 35.4 Å². The molecule has 0 amide bonds. The Balaban J connectivity index is 1.89. The van der Waals surface area contributed by atoms with Crippen LogP contribution in [0, 0.1) is 13.8 Å². The van der Waals surface area contributed by atoms with Gasteiger partial charge in [-0.1, -0.05) is 0 Å². The second-order valence-electron chi connectivity index (χ2n) is 5.52. The van der Waals surface area contributed by atoms with E-state index in [1.165, 1.54) is 10.4 Å². The SMILES string of the molecule is Cc1sc2nc(CN3CCCC(O)C3)nc(N)c2c1C. The van der Waals surface area contributed by atoms with Gasteiger partial charge in [0.05, 0.1) is 18.0 Å². The second kappa shape index (κ2) is 5.27. The van der Waals surface area contributed by atoms with E-state index < -0.39 is 0 Å². The van der Waals surface area contributed by atoms with E-state index in [0.29, 0.717) is 18.9 Å². The number of aryl methyl sites for hydroxylation is 2. The molecule has 108 valence electrons. The molecule has 0 bridgehead atoms. The molecule has 1 unspecified atom stereocenters. The Labute approximate surface area is 122 Å². The van der Waals surface area contributed by atoms with E-state index in [1.54, 1.807) is 11.3 Å². The molecule has 1 fully saturated rings. The lowest BCUT2D eigenvalue weighted by Crippen LogP contribution is -2.38. The number of aromatic nitrogens is 2. The number of nitrogen functional groups attached to an aromatic ring is 1. The monoisotopic (exact) mass is 292 g/mol. The number of nitrogens with two attached hydrogens (primary N) is 1. The molecule has 3 N–H and O–H groups in total. The molecule has 3 rings (SSSR count). The van der Waals surface area contributed by atoms with Crippen LogP contribution < -0.4 is 5.73 Å². The number of fused-ring (bicyclic) bond motifs is 1. The van der Waals surface area contributed by atoms with Gasteiger partial charge in [-0.05, 0) is 38.8 Å². The summed E-state index contributed by atoms with van der Waals surface area (Å²) < 4.78 is 0. The van der Waals surface area contributed by atoms with E-state index in [2.05, 4.69) is 28.7 Å². The lowest BCUT2D eigenvalue weighted by molar-refractivity contribution is 0.0656. The van der Waals surface area contributed by atoms with Crippen molar-refractivity contribution in [1.82, 2.24) is 14.9 Å². The van der Waals surface area contributed by atoms with Crippen molar-refractivity contribution in [3.8, 4) is 0 Å². The molecule has 0 saturated carbocycles. The minimum Gasteiger partial charge on any atom is -0.392 e. The Bertz CT molecular complexity index is 640. The van der Waals surface area contributed by atoms with Crippen LogP contribution in [-0.4, -0.2) is 39.2 Å². The van der Waals surface area contributed by atoms with E-state index in [-0.39, 0.29) is 6.10 Å². The van der Waals surface area contributed by atoms with Crippen molar-refractivity contribution >= 4 is 27.4 Å². The molecule has 0 aliphatic carbocycles. The van der Waals surface area contributed by atoms with Gasteiger partial charge < -0.3 is 10.8 Å². The number of piperidine rings is 1. The number of aliphatic hydroxyl groups is 1. The van der Waals surface area contributed by atoms with Crippen molar-refractivity contribution in [2.75, 3.05) is 18.8 Å². The number of hydrogen-bond donors (Lipinski definition) is 2. The van der Waals surface area contributed by atoms with Crippen LogP contribution in [0.4, 0.5) is 5.82 Å². The largest absolute Gasteiger partial charge is 0.392 e. The molecule has 2 aromatic heterocycles. The predicted octanol–water partition coefficient (Wildman–Crippen LogP) is 1.85. The summed E-state index contributed by atoms with van der Waals surface area (Å²) in [6.07, 6.45) is 1.69. The van der Waals surface area contributed by atoms with Crippen LogP contribution in [0.25, 0.3) is 10.2 Å². The third-order valence-electron chi connectivity index (χ3n) is 3.95. The lowest BCUT2D eigenvalue weighted by Gasteiger charge is -2.29. The average molecular weight is 292 g/mol. The fourth-order valence-corrected chi connectivity index (χ4v) is 3.83. The minimum absolute atomic E-state index is 0.226. The maximum absolute atomic E-state index is 9.72. The summed E-state index contributed by atoms with van der Waals surface area (Å²) in [7, 11) is 0. The molecule has 5 nitrogen and oxygen atoms in total. The fraction of sp³-hybridized carbons (Fsp3) is 0.571. The molecule has 1 saturated heterocycles. The Kier molecular flexibility index (Phi) is 3.62. The number of anilines is 1. The van der Waals surface area contributed by atoms with Gasteiger partial charge in [0, 0.05) is 11.4 Å². The Hall–Kier alpha value is -1.24. The maximum atomic E-state index is 9.72. The molecule has 1 aliphatic heterocycles. The van der Waals surface area contributed by atoms with Crippen LogP contribution in [0.15, 0.2) is 0 Å². The number of aliphatic hydroxyl groups excluding tert-OH is 1. The normalized spacial score (nSPS) is 20.6. The van der Waals surface area contributed by atoms with Gasteiger partial charge in [-0.3, -0.25) is 4.90 Å². The summed E-state index contributed by atoms with van der Waals surface area (Å²) in [6, 6.07) is 0. The zero-order valence-corrected chi connectivity index (χ0v) is 12.7. The zero-order chi connectivity index (χ0) is 14.3. The average Bonchev–Trinajstić information content (AvgIpc) is 2.65. The predicted molar refractivity (Wildman–Crippen MR) is 81.8 cm³/mol. The number of rotatable bonds is 2. The third-order valence-corrected chi connectivity index (χ3v) is 5.05. The topological polar surface area (TPSA) is 75.3 Å². The van der Waals surface area contributed by atoms with Gasteiger partial charge in [0.2, 0.25) is 0 Å². The van der Waals surface area contributed by atoms with Crippen molar-refractivity contribution in [3.63, 3.8) is 0 Å². The molecular formula is C14H20N4OS. The van der Waals surface area contributed by atoms with Gasteiger partial charge in [-0.15, -0.1) is 11.3 Å². The highest BCUT2D eigenvalue weighted by Gasteiger charge is 2.20. The van der Waals surface area contributed by atoms with Crippen molar-refractivity contribution < 1.29 is 5.11 Å². The van der Waals surface area contributed by atoms with Gasteiger partial charge >= 0.3 is 0 Å². The molecule has 0 radical (unpaired) electrons. The van der Waals surface area contributed by atoms with Gasteiger partial charge in [-0.25, -0.2) is 9.97 Å². The number of likely N-dealkylation sites (tertiary alicyclic amines) is 1. The number of β-amino-alcohol motifs (C(OH)–C–C–N with tert-alkyl or cyclic N) is 1. The first-order chi connectivity index (χ1) is 9.54. The highest BCUT2D eigenvalue weighted by molar-refractivity contribution is 7.18. The Morgan fingerprint density at radius 1 is 1.40 bits per heavy atom. The van der Waals surface area contributed by atoms with Crippen LogP contribution in [0.5, 0.6) is 0 Å². The van der Waals surface area contributed by atoms with E-state index in [9.17, 15) is 5.11 Å².